The molecule has 1 heterocycles. The largest absolute Gasteiger partial charge is 0.396 e. The molecule has 0 saturated heterocycles. The van der Waals surface area contributed by atoms with Gasteiger partial charge in [0.05, 0.1) is 11.4 Å². The summed E-state index contributed by atoms with van der Waals surface area (Å²) in [4.78, 5) is 0. The summed E-state index contributed by atoms with van der Waals surface area (Å²) in [5.41, 5.74) is 3.04. The monoisotopic (exact) mass is 231 g/mol. The molecule has 1 aromatic heterocycles. The van der Waals surface area contributed by atoms with E-state index >= 15 is 0 Å². The van der Waals surface area contributed by atoms with Crippen LogP contribution in [0.25, 0.3) is 5.69 Å². The van der Waals surface area contributed by atoms with Gasteiger partial charge in [-0.25, -0.2) is 4.68 Å². The van der Waals surface area contributed by atoms with Crippen LogP contribution in [0.1, 0.15) is 11.3 Å². The molecule has 0 aliphatic carbocycles. The Bertz CT molecular complexity index is 491. The van der Waals surface area contributed by atoms with Gasteiger partial charge in [-0.05, 0) is 19.1 Å². The first-order chi connectivity index (χ1) is 8.27. The molecule has 0 fully saturated rings. The van der Waals surface area contributed by atoms with Gasteiger partial charge in [-0.15, -0.1) is 0 Å². The Labute approximate surface area is 101 Å². The van der Waals surface area contributed by atoms with Crippen LogP contribution in [0.3, 0.4) is 0 Å². The first-order valence-corrected chi connectivity index (χ1v) is 5.70. The number of rotatable bonds is 4. The number of nitrogens with one attached hydrogen (secondary N) is 1. The first kappa shape index (κ1) is 11.7. The summed E-state index contributed by atoms with van der Waals surface area (Å²) >= 11 is 0. The van der Waals surface area contributed by atoms with Crippen molar-refractivity contribution in [3.63, 3.8) is 0 Å². The third kappa shape index (κ3) is 2.17. The van der Waals surface area contributed by atoms with E-state index in [1.54, 1.807) is 0 Å². The summed E-state index contributed by atoms with van der Waals surface area (Å²) in [6, 6.07) is 9.97. The molecule has 0 aliphatic heterocycles. The minimum atomic E-state index is 0.121. The molecule has 4 heteroatoms. The normalized spacial score (nSPS) is 10.5. The van der Waals surface area contributed by atoms with Gasteiger partial charge in [0.1, 0.15) is 5.82 Å². The van der Waals surface area contributed by atoms with Crippen molar-refractivity contribution in [3.8, 4) is 5.69 Å². The molecule has 2 aromatic rings. The van der Waals surface area contributed by atoms with Crippen molar-refractivity contribution in [2.75, 3.05) is 19.0 Å². The fraction of sp³-hybridized carbons (Fsp3) is 0.308. The molecular formula is C13H17N3O. The van der Waals surface area contributed by atoms with E-state index in [0.717, 1.165) is 22.8 Å². The zero-order valence-electron chi connectivity index (χ0n) is 10.1. The summed E-state index contributed by atoms with van der Waals surface area (Å²) in [7, 11) is 1.88. The topological polar surface area (TPSA) is 50.1 Å². The molecular weight excluding hydrogens is 214 g/mol. The number of aliphatic hydroxyl groups excluding tert-OH is 1. The van der Waals surface area contributed by atoms with E-state index in [4.69, 9.17) is 5.11 Å². The van der Waals surface area contributed by atoms with Crippen molar-refractivity contribution in [1.29, 1.82) is 0 Å². The van der Waals surface area contributed by atoms with Gasteiger partial charge in [-0.1, -0.05) is 18.2 Å². The second-order valence-electron chi connectivity index (χ2n) is 3.89. The highest BCUT2D eigenvalue weighted by Gasteiger charge is 2.13. The van der Waals surface area contributed by atoms with E-state index in [-0.39, 0.29) is 6.61 Å². The summed E-state index contributed by atoms with van der Waals surface area (Å²) in [5.74, 6) is 0.972. The number of nitrogens with zero attached hydrogens (tertiary/aromatic N) is 2. The molecule has 1 aromatic carbocycles. The molecule has 0 unspecified atom stereocenters. The average Bonchev–Trinajstić information content (AvgIpc) is 2.68. The maximum Gasteiger partial charge on any atom is 0.132 e. The second-order valence-corrected chi connectivity index (χ2v) is 3.89. The lowest BCUT2D eigenvalue weighted by atomic mass is 10.2. The van der Waals surface area contributed by atoms with Crippen LogP contribution < -0.4 is 5.32 Å². The predicted molar refractivity (Wildman–Crippen MR) is 68.6 cm³/mol. The Morgan fingerprint density at radius 1 is 1.29 bits per heavy atom. The Balaban J connectivity index is 2.50. The lowest BCUT2D eigenvalue weighted by Gasteiger charge is -2.06. The van der Waals surface area contributed by atoms with Crippen molar-refractivity contribution in [1.82, 2.24) is 9.78 Å². The summed E-state index contributed by atoms with van der Waals surface area (Å²) in [6.45, 7) is 2.14. The lowest BCUT2D eigenvalue weighted by Crippen LogP contribution is -2.02. The highest BCUT2D eigenvalue weighted by molar-refractivity contribution is 5.52. The van der Waals surface area contributed by atoms with Gasteiger partial charge in [0.2, 0.25) is 0 Å². The number of aliphatic hydroxyl groups is 1. The zero-order chi connectivity index (χ0) is 12.3. The van der Waals surface area contributed by atoms with Crippen molar-refractivity contribution in [2.45, 2.75) is 13.3 Å². The van der Waals surface area contributed by atoms with Crippen LogP contribution in [-0.2, 0) is 6.42 Å². The van der Waals surface area contributed by atoms with Gasteiger partial charge < -0.3 is 10.4 Å². The minimum Gasteiger partial charge on any atom is -0.396 e. The number of hydrogen-bond donors (Lipinski definition) is 2. The third-order valence-corrected chi connectivity index (χ3v) is 2.81. The van der Waals surface area contributed by atoms with E-state index in [1.165, 1.54) is 0 Å². The van der Waals surface area contributed by atoms with Gasteiger partial charge in [-0.3, -0.25) is 0 Å². The van der Waals surface area contributed by atoms with Crippen molar-refractivity contribution in [3.05, 3.63) is 41.6 Å². The van der Waals surface area contributed by atoms with Gasteiger partial charge in [0.25, 0.3) is 0 Å². The highest BCUT2D eigenvalue weighted by atomic mass is 16.3. The average molecular weight is 231 g/mol. The number of anilines is 1. The summed E-state index contributed by atoms with van der Waals surface area (Å²) < 4.78 is 1.88. The van der Waals surface area contributed by atoms with Crippen molar-refractivity contribution in [2.24, 2.45) is 0 Å². The fourth-order valence-electron chi connectivity index (χ4n) is 1.93. The van der Waals surface area contributed by atoms with Crippen LogP contribution >= 0.6 is 0 Å². The molecule has 0 spiro atoms. The maximum absolute atomic E-state index is 9.02. The number of hydrogen-bond acceptors (Lipinski definition) is 3. The standard InChI is InChI=1S/C13H17N3O/c1-10-12(8-9-17)15-16(13(10)14-2)11-6-4-3-5-7-11/h3-7,14,17H,8-9H2,1-2H3. The predicted octanol–water partition coefficient (Wildman–Crippen LogP) is 1.76. The molecule has 0 radical (unpaired) electrons. The Hall–Kier alpha value is -1.81. The van der Waals surface area contributed by atoms with Gasteiger partial charge >= 0.3 is 0 Å². The third-order valence-electron chi connectivity index (χ3n) is 2.81. The van der Waals surface area contributed by atoms with Crippen LogP contribution in [0.4, 0.5) is 5.82 Å². The smallest absolute Gasteiger partial charge is 0.132 e. The number of benzene rings is 1. The zero-order valence-corrected chi connectivity index (χ0v) is 10.1. The van der Waals surface area contributed by atoms with E-state index in [9.17, 15) is 0 Å². The number of aromatic nitrogens is 2. The quantitative estimate of drug-likeness (QED) is 0.843. The SMILES string of the molecule is CNc1c(C)c(CCO)nn1-c1ccccc1. The van der Waals surface area contributed by atoms with Crippen LogP contribution in [0.15, 0.2) is 30.3 Å². The molecule has 4 nitrogen and oxygen atoms in total. The Kier molecular flexibility index (Phi) is 3.44. The van der Waals surface area contributed by atoms with Gasteiger partial charge in [0, 0.05) is 25.6 Å². The van der Waals surface area contributed by atoms with Crippen LogP contribution in [0, 0.1) is 6.92 Å². The summed E-state index contributed by atoms with van der Waals surface area (Å²) in [5, 5.41) is 16.7. The van der Waals surface area contributed by atoms with E-state index in [2.05, 4.69) is 10.4 Å². The lowest BCUT2D eigenvalue weighted by molar-refractivity contribution is 0.297. The van der Waals surface area contributed by atoms with E-state index in [0.29, 0.717) is 6.42 Å². The minimum absolute atomic E-state index is 0.121. The Morgan fingerprint density at radius 3 is 2.59 bits per heavy atom. The fourth-order valence-corrected chi connectivity index (χ4v) is 1.93. The first-order valence-electron chi connectivity index (χ1n) is 5.70. The molecule has 17 heavy (non-hydrogen) atoms. The molecule has 0 atom stereocenters. The molecule has 90 valence electrons. The molecule has 0 amide bonds. The molecule has 2 N–H and O–H groups in total. The van der Waals surface area contributed by atoms with Crippen LogP contribution in [0.5, 0.6) is 0 Å². The van der Waals surface area contributed by atoms with Crippen LogP contribution in [-0.4, -0.2) is 28.5 Å². The molecule has 0 aliphatic rings. The van der Waals surface area contributed by atoms with E-state index in [1.807, 2.05) is 49.0 Å². The second kappa shape index (κ2) is 5.01. The number of para-hydroxylation sites is 1. The van der Waals surface area contributed by atoms with Gasteiger partial charge in [0.15, 0.2) is 0 Å². The van der Waals surface area contributed by atoms with E-state index < -0.39 is 0 Å². The highest BCUT2D eigenvalue weighted by Crippen LogP contribution is 2.22. The molecule has 0 bridgehead atoms. The maximum atomic E-state index is 9.02. The van der Waals surface area contributed by atoms with Crippen molar-refractivity contribution >= 4 is 5.82 Å². The van der Waals surface area contributed by atoms with Crippen molar-refractivity contribution < 1.29 is 5.11 Å². The van der Waals surface area contributed by atoms with Crippen LogP contribution in [0.2, 0.25) is 0 Å². The molecule has 0 saturated carbocycles. The molecule has 2 rings (SSSR count). The Morgan fingerprint density at radius 2 is 2.00 bits per heavy atom. The van der Waals surface area contributed by atoms with Gasteiger partial charge in [-0.2, -0.15) is 5.10 Å². The summed E-state index contributed by atoms with van der Waals surface area (Å²) in [6.07, 6.45) is 0.584.